The van der Waals surface area contributed by atoms with Gasteiger partial charge in [0, 0.05) is 26.7 Å². The lowest BCUT2D eigenvalue weighted by Crippen LogP contribution is -2.58. The van der Waals surface area contributed by atoms with Gasteiger partial charge in [0.25, 0.3) is 0 Å². The van der Waals surface area contributed by atoms with Gasteiger partial charge in [-0.1, -0.05) is 0 Å². The number of hydrogen-bond acceptors (Lipinski definition) is 4. The maximum Gasteiger partial charge on any atom is 0.242 e. The van der Waals surface area contributed by atoms with Gasteiger partial charge >= 0.3 is 0 Å². The smallest absolute Gasteiger partial charge is 0.242 e. The van der Waals surface area contributed by atoms with Gasteiger partial charge in [0.2, 0.25) is 17.7 Å². The van der Waals surface area contributed by atoms with E-state index in [1.807, 2.05) is 0 Å². The number of piperazine rings is 1. The number of amides is 3. The quantitative estimate of drug-likeness (QED) is 0.630. The number of nitrogens with zero attached hydrogens (tertiary/aromatic N) is 2. The zero-order chi connectivity index (χ0) is 13.8. The molecule has 0 aromatic heterocycles. The fraction of sp³-hybridized carbons (Fsp3) is 0.750. The predicted octanol–water partition coefficient (Wildman–Crippen LogP) is -1.84. The Labute approximate surface area is 112 Å². The van der Waals surface area contributed by atoms with Crippen LogP contribution in [0.5, 0.6) is 0 Å². The summed E-state index contributed by atoms with van der Waals surface area (Å²) in [6.07, 6.45) is 2.08. The van der Waals surface area contributed by atoms with Gasteiger partial charge in [-0.3, -0.25) is 19.7 Å². The van der Waals surface area contributed by atoms with Gasteiger partial charge in [0.1, 0.15) is 6.04 Å². The van der Waals surface area contributed by atoms with Crippen LogP contribution in [0.25, 0.3) is 0 Å². The molecule has 0 spiro atoms. The van der Waals surface area contributed by atoms with Gasteiger partial charge in [0.05, 0.1) is 13.1 Å². The van der Waals surface area contributed by atoms with Crippen LogP contribution in [-0.4, -0.2) is 73.3 Å². The molecule has 1 unspecified atom stereocenters. The zero-order valence-electron chi connectivity index (χ0n) is 11.1. The van der Waals surface area contributed by atoms with Crippen LogP contribution in [0.4, 0.5) is 0 Å². The summed E-state index contributed by atoms with van der Waals surface area (Å²) in [5.74, 6) is -0.277. The fourth-order valence-corrected chi connectivity index (χ4v) is 2.35. The first-order valence-corrected chi connectivity index (χ1v) is 6.61. The third-order valence-electron chi connectivity index (χ3n) is 3.52. The summed E-state index contributed by atoms with van der Waals surface area (Å²) in [6.45, 7) is 2.10. The van der Waals surface area contributed by atoms with Crippen molar-refractivity contribution in [2.24, 2.45) is 0 Å². The largest absolute Gasteiger partial charge is 0.353 e. The first-order valence-electron chi connectivity index (χ1n) is 6.61. The minimum absolute atomic E-state index is 0.00630. The van der Waals surface area contributed by atoms with Crippen LogP contribution in [0.1, 0.15) is 12.8 Å². The maximum atomic E-state index is 12.1. The van der Waals surface area contributed by atoms with Crippen molar-refractivity contribution in [2.75, 3.05) is 39.8 Å². The van der Waals surface area contributed by atoms with Crippen LogP contribution >= 0.6 is 0 Å². The molecule has 106 valence electrons. The van der Waals surface area contributed by atoms with Crippen molar-refractivity contribution in [1.82, 2.24) is 20.4 Å². The van der Waals surface area contributed by atoms with E-state index in [1.54, 1.807) is 11.9 Å². The predicted molar refractivity (Wildman–Crippen MR) is 68.3 cm³/mol. The number of carbonyl (C=O) groups excluding carboxylic acids is 3. The summed E-state index contributed by atoms with van der Waals surface area (Å²) in [5.41, 5.74) is 0. The lowest BCUT2D eigenvalue weighted by atomic mass is 10.2. The second-order valence-electron chi connectivity index (χ2n) is 5.02. The summed E-state index contributed by atoms with van der Waals surface area (Å²) >= 11 is 0. The molecule has 0 radical (unpaired) electrons. The highest BCUT2D eigenvalue weighted by atomic mass is 16.2. The Balaban J connectivity index is 1.81. The fourth-order valence-electron chi connectivity index (χ4n) is 2.35. The van der Waals surface area contributed by atoms with E-state index in [0.29, 0.717) is 0 Å². The Hall–Kier alpha value is -1.63. The second-order valence-corrected chi connectivity index (χ2v) is 5.02. The summed E-state index contributed by atoms with van der Waals surface area (Å²) < 4.78 is 0. The maximum absolute atomic E-state index is 12.1. The molecule has 0 aliphatic carbocycles. The normalized spacial score (nSPS) is 23.1. The van der Waals surface area contributed by atoms with Crippen molar-refractivity contribution in [3.8, 4) is 0 Å². The van der Waals surface area contributed by atoms with Crippen LogP contribution in [0, 0.1) is 0 Å². The molecule has 2 aliphatic rings. The molecule has 0 bridgehead atoms. The summed E-state index contributed by atoms with van der Waals surface area (Å²) in [6, 6.07) is -0.436. The van der Waals surface area contributed by atoms with E-state index in [-0.39, 0.29) is 37.4 Å². The van der Waals surface area contributed by atoms with Gasteiger partial charge in [-0.2, -0.15) is 0 Å². The molecule has 19 heavy (non-hydrogen) atoms. The van der Waals surface area contributed by atoms with Gasteiger partial charge in [0.15, 0.2) is 0 Å². The van der Waals surface area contributed by atoms with Gasteiger partial charge in [-0.15, -0.1) is 0 Å². The molecule has 3 amide bonds. The highest BCUT2D eigenvalue weighted by molar-refractivity contribution is 5.89. The van der Waals surface area contributed by atoms with Gasteiger partial charge < -0.3 is 15.1 Å². The number of likely N-dealkylation sites (tertiary alicyclic amines) is 1. The van der Waals surface area contributed by atoms with Crippen molar-refractivity contribution in [1.29, 1.82) is 0 Å². The standard InChI is InChI=1S/C12H20N4O3/c1-15(8-11(18)16-4-2-3-5-16)12(19)9-6-14-10(17)7-13-9/h9,13H,2-8H2,1H3,(H,14,17). The van der Waals surface area contributed by atoms with Crippen molar-refractivity contribution >= 4 is 17.7 Å². The Morgan fingerprint density at radius 2 is 2.05 bits per heavy atom. The third kappa shape index (κ3) is 3.44. The summed E-state index contributed by atoms with van der Waals surface area (Å²) in [4.78, 5) is 38.2. The van der Waals surface area contributed by atoms with E-state index < -0.39 is 6.04 Å². The minimum Gasteiger partial charge on any atom is -0.353 e. The molecule has 0 aromatic carbocycles. The van der Waals surface area contributed by atoms with Crippen LogP contribution < -0.4 is 10.6 Å². The van der Waals surface area contributed by atoms with Crippen molar-refractivity contribution in [3.05, 3.63) is 0 Å². The van der Waals surface area contributed by atoms with E-state index in [1.165, 1.54) is 4.90 Å². The molecule has 7 nitrogen and oxygen atoms in total. The number of rotatable bonds is 3. The van der Waals surface area contributed by atoms with Crippen LogP contribution in [0.2, 0.25) is 0 Å². The first kappa shape index (κ1) is 13.8. The Morgan fingerprint density at radius 3 is 2.63 bits per heavy atom. The molecule has 1 atom stereocenters. The topological polar surface area (TPSA) is 81.8 Å². The molecule has 0 aromatic rings. The average molecular weight is 268 g/mol. The summed E-state index contributed by atoms with van der Waals surface area (Å²) in [7, 11) is 1.62. The zero-order valence-corrected chi connectivity index (χ0v) is 11.1. The molecule has 2 fully saturated rings. The SMILES string of the molecule is CN(CC(=O)N1CCCC1)C(=O)C1CNC(=O)CN1. The van der Waals surface area contributed by atoms with Crippen molar-refractivity contribution < 1.29 is 14.4 Å². The highest BCUT2D eigenvalue weighted by Crippen LogP contribution is 2.08. The van der Waals surface area contributed by atoms with Crippen LogP contribution in [0.15, 0.2) is 0 Å². The number of likely N-dealkylation sites (N-methyl/N-ethyl adjacent to an activating group) is 1. The van der Waals surface area contributed by atoms with Crippen molar-refractivity contribution in [3.63, 3.8) is 0 Å². The lowest BCUT2D eigenvalue weighted by molar-refractivity contribution is -0.140. The number of nitrogens with one attached hydrogen (secondary N) is 2. The molecule has 2 aliphatic heterocycles. The molecule has 2 saturated heterocycles. The van der Waals surface area contributed by atoms with Crippen molar-refractivity contribution in [2.45, 2.75) is 18.9 Å². The van der Waals surface area contributed by atoms with Crippen LogP contribution in [0.3, 0.4) is 0 Å². The molecule has 2 rings (SSSR count). The van der Waals surface area contributed by atoms with Gasteiger partial charge in [-0.25, -0.2) is 0 Å². The summed E-state index contributed by atoms with van der Waals surface area (Å²) in [5, 5.41) is 5.50. The first-order chi connectivity index (χ1) is 9.08. The highest BCUT2D eigenvalue weighted by Gasteiger charge is 2.28. The molecular formula is C12H20N4O3. The lowest BCUT2D eigenvalue weighted by Gasteiger charge is -2.28. The Bertz CT molecular complexity index is 369. The molecule has 0 saturated carbocycles. The third-order valence-corrected chi connectivity index (χ3v) is 3.52. The Morgan fingerprint density at radius 1 is 1.37 bits per heavy atom. The average Bonchev–Trinajstić information content (AvgIpc) is 2.92. The molecular weight excluding hydrogens is 248 g/mol. The van der Waals surface area contributed by atoms with E-state index in [0.717, 1.165) is 25.9 Å². The molecule has 2 heterocycles. The van der Waals surface area contributed by atoms with Crippen LogP contribution in [-0.2, 0) is 14.4 Å². The number of carbonyl (C=O) groups is 3. The number of hydrogen-bond donors (Lipinski definition) is 2. The second kappa shape index (κ2) is 6.01. The van der Waals surface area contributed by atoms with E-state index >= 15 is 0 Å². The van der Waals surface area contributed by atoms with E-state index in [2.05, 4.69) is 10.6 Å². The molecule has 2 N–H and O–H groups in total. The van der Waals surface area contributed by atoms with E-state index in [4.69, 9.17) is 0 Å². The molecule has 7 heteroatoms. The van der Waals surface area contributed by atoms with E-state index in [9.17, 15) is 14.4 Å². The Kier molecular flexibility index (Phi) is 4.36. The van der Waals surface area contributed by atoms with Gasteiger partial charge in [-0.05, 0) is 12.8 Å². The monoisotopic (exact) mass is 268 g/mol. The minimum atomic E-state index is -0.436.